The van der Waals surface area contributed by atoms with Gasteiger partial charge in [0, 0.05) is 0 Å². The lowest BCUT2D eigenvalue weighted by Crippen LogP contribution is -2.07. The Morgan fingerprint density at radius 3 is 2.33 bits per heavy atom. The quantitative estimate of drug-likeness (QED) is 0.571. The van der Waals surface area contributed by atoms with E-state index >= 15 is 0 Å². The average molecular weight is 129 g/mol. The summed E-state index contributed by atoms with van der Waals surface area (Å²) in [6.45, 7) is 8.77. The van der Waals surface area contributed by atoms with Crippen molar-refractivity contribution in [2.45, 2.75) is 33.6 Å². The first-order valence-corrected chi connectivity index (χ1v) is 4.14. The first-order chi connectivity index (χ1) is 4.43. The Morgan fingerprint density at radius 1 is 1.44 bits per heavy atom. The molecule has 1 aliphatic heterocycles. The lowest BCUT2D eigenvalue weighted by atomic mass is 10.1. The van der Waals surface area contributed by atoms with Crippen molar-refractivity contribution in [2.75, 3.05) is 13.1 Å². The van der Waals surface area contributed by atoms with Gasteiger partial charge in [-0.1, -0.05) is 27.2 Å². The van der Waals surface area contributed by atoms with Gasteiger partial charge in [-0.3, -0.25) is 0 Å². The van der Waals surface area contributed by atoms with Crippen molar-refractivity contribution in [3.8, 4) is 0 Å². The van der Waals surface area contributed by atoms with Crippen LogP contribution in [0.3, 0.4) is 0 Å². The van der Waals surface area contributed by atoms with Gasteiger partial charge in [0.2, 0.25) is 0 Å². The maximum Gasteiger partial charge on any atom is -0.00201 e. The maximum atomic E-state index is 3.32. The summed E-state index contributed by atoms with van der Waals surface area (Å²) in [5.41, 5.74) is 0. The van der Waals surface area contributed by atoms with E-state index in [4.69, 9.17) is 0 Å². The van der Waals surface area contributed by atoms with Gasteiger partial charge in [0.1, 0.15) is 0 Å². The van der Waals surface area contributed by atoms with E-state index in [1.807, 2.05) is 13.8 Å². The molecular weight excluding hydrogens is 110 g/mol. The van der Waals surface area contributed by atoms with Gasteiger partial charge in [-0.15, -0.1) is 0 Å². The fourth-order valence-electron chi connectivity index (χ4n) is 1.06. The van der Waals surface area contributed by atoms with Crippen molar-refractivity contribution in [2.24, 2.45) is 5.92 Å². The first-order valence-electron chi connectivity index (χ1n) is 4.14. The van der Waals surface area contributed by atoms with E-state index in [1.165, 1.54) is 25.9 Å². The maximum absolute atomic E-state index is 3.32. The van der Waals surface area contributed by atoms with Crippen LogP contribution < -0.4 is 5.32 Å². The van der Waals surface area contributed by atoms with Crippen LogP contribution in [-0.2, 0) is 0 Å². The molecule has 1 fully saturated rings. The average Bonchev–Trinajstić information content (AvgIpc) is 2.43. The number of nitrogens with one attached hydrogen (secondary N) is 1. The molecule has 0 aromatic heterocycles. The van der Waals surface area contributed by atoms with Crippen LogP contribution in [0.2, 0.25) is 0 Å². The molecule has 0 amide bonds. The van der Waals surface area contributed by atoms with E-state index in [0.717, 1.165) is 5.92 Å². The van der Waals surface area contributed by atoms with Gasteiger partial charge >= 0.3 is 0 Å². The van der Waals surface area contributed by atoms with E-state index in [0.29, 0.717) is 0 Å². The van der Waals surface area contributed by atoms with Crippen molar-refractivity contribution in [1.82, 2.24) is 5.32 Å². The molecule has 0 saturated carbocycles. The standard InChI is InChI=1S/C6H13N.C2H6/c1-2-6-3-4-7-5-6;1-2/h6-7H,2-5H2,1H3;1-2H3. The molecule has 1 heteroatoms. The van der Waals surface area contributed by atoms with Gasteiger partial charge < -0.3 is 5.32 Å². The van der Waals surface area contributed by atoms with Crippen molar-refractivity contribution in [3.05, 3.63) is 0 Å². The Bertz CT molecular complexity index is 46.5. The minimum atomic E-state index is 0.986. The Kier molecular flexibility index (Phi) is 6.06. The predicted molar refractivity (Wildman–Crippen MR) is 42.6 cm³/mol. The zero-order valence-electron chi connectivity index (χ0n) is 6.91. The van der Waals surface area contributed by atoms with Crippen molar-refractivity contribution < 1.29 is 0 Å². The lowest BCUT2D eigenvalue weighted by molar-refractivity contribution is 0.563. The molecule has 0 bridgehead atoms. The molecule has 1 unspecified atom stereocenters. The van der Waals surface area contributed by atoms with E-state index < -0.39 is 0 Å². The van der Waals surface area contributed by atoms with E-state index in [9.17, 15) is 0 Å². The minimum Gasteiger partial charge on any atom is -0.316 e. The SMILES string of the molecule is CC.CCC1CCNC1. The second kappa shape index (κ2) is 6.09. The van der Waals surface area contributed by atoms with E-state index in [2.05, 4.69) is 12.2 Å². The third-order valence-corrected chi connectivity index (χ3v) is 1.74. The Balaban J connectivity index is 0.000000291. The first kappa shape index (κ1) is 8.96. The van der Waals surface area contributed by atoms with Gasteiger partial charge in [0.05, 0.1) is 0 Å². The van der Waals surface area contributed by atoms with Crippen LogP contribution in [0.5, 0.6) is 0 Å². The smallest absolute Gasteiger partial charge is 0.00201 e. The number of hydrogen-bond acceptors (Lipinski definition) is 1. The summed E-state index contributed by atoms with van der Waals surface area (Å²) in [4.78, 5) is 0. The van der Waals surface area contributed by atoms with Crippen LogP contribution in [0, 0.1) is 5.92 Å². The molecule has 1 N–H and O–H groups in total. The van der Waals surface area contributed by atoms with E-state index in [1.54, 1.807) is 0 Å². The normalized spacial score (nSPS) is 25.0. The molecule has 1 saturated heterocycles. The van der Waals surface area contributed by atoms with Crippen LogP contribution in [-0.4, -0.2) is 13.1 Å². The van der Waals surface area contributed by atoms with Gasteiger partial charge in [0.15, 0.2) is 0 Å². The summed E-state index contributed by atoms with van der Waals surface area (Å²) < 4.78 is 0. The van der Waals surface area contributed by atoms with Crippen molar-refractivity contribution in [3.63, 3.8) is 0 Å². The molecule has 0 aromatic carbocycles. The zero-order chi connectivity index (χ0) is 7.11. The molecule has 1 rings (SSSR count). The van der Waals surface area contributed by atoms with Crippen molar-refractivity contribution in [1.29, 1.82) is 0 Å². The van der Waals surface area contributed by atoms with Crippen LogP contribution >= 0.6 is 0 Å². The summed E-state index contributed by atoms with van der Waals surface area (Å²) in [6, 6.07) is 0. The molecule has 0 spiro atoms. The molecule has 0 radical (unpaired) electrons. The molecule has 1 nitrogen and oxygen atoms in total. The molecule has 1 aliphatic rings. The van der Waals surface area contributed by atoms with Crippen LogP contribution in [0.25, 0.3) is 0 Å². The van der Waals surface area contributed by atoms with E-state index in [-0.39, 0.29) is 0 Å². The second-order valence-corrected chi connectivity index (χ2v) is 2.27. The highest BCUT2D eigenvalue weighted by atomic mass is 14.9. The highest BCUT2D eigenvalue weighted by Gasteiger charge is 2.10. The van der Waals surface area contributed by atoms with Crippen LogP contribution in [0.4, 0.5) is 0 Å². The zero-order valence-corrected chi connectivity index (χ0v) is 6.91. The van der Waals surface area contributed by atoms with Gasteiger partial charge in [0.25, 0.3) is 0 Å². The van der Waals surface area contributed by atoms with Crippen molar-refractivity contribution >= 4 is 0 Å². The molecule has 56 valence electrons. The van der Waals surface area contributed by atoms with Crippen LogP contribution in [0.1, 0.15) is 33.6 Å². The highest BCUT2D eigenvalue weighted by Crippen LogP contribution is 2.09. The van der Waals surface area contributed by atoms with Gasteiger partial charge in [-0.25, -0.2) is 0 Å². The third kappa shape index (κ3) is 3.52. The monoisotopic (exact) mass is 129 g/mol. The fraction of sp³-hybridized carbons (Fsp3) is 1.00. The Hall–Kier alpha value is -0.0400. The molecule has 1 atom stereocenters. The van der Waals surface area contributed by atoms with Crippen LogP contribution in [0.15, 0.2) is 0 Å². The Morgan fingerprint density at radius 2 is 2.11 bits per heavy atom. The number of rotatable bonds is 1. The molecule has 9 heavy (non-hydrogen) atoms. The molecule has 1 heterocycles. The third-order valence-electron chi connectivity index (χ3n) is 1.74. The van der Waals surface area contributed by atoms with Gasteiger partial charge in [-0.05, 0) is 25.4 Å². The summed E-state index contributed by atoms with van der Waals surface area (Å²) in [5, 5.41) is 3.32. The molecular formula is C8H19N. The minimum absolute atomic E-state index is 0.986. The summed E-state index contributed by atoms with van der Waals surface area (Å²) in [6.07, 6.45) is 2.75. The second-order valence-electron chi connectivity index (χ2n) is 2.27. The largest absolute Gasteiger partial charge is 0.316 e. The molecule has 0 aromatic rings. The predicted octanol–water partition coefficient (Wildman–Crippen LogP) is 2.03. The number of hydrogen-bond donors (Lipinski definition) is 1. The Labute approximate surface area is 58.8 Å². The highest BCUT2D eigenvalue weighted by molar-refractivity contribution is 4.68. The summed E-state index contributed by atoms with van der Waals surface area (Å²) in [7, 11) is 0. The summed E-state index contributed by atoms with van der Waals surface area (Å²) >= 11 is 0. The van der Waals surface area contributed by atoms with Gasteiger partial charge in [-0.2, -0.15) is 0 Å². The topological polar surface area (TPSA) is 12.0 Å². The summed E-state index contributed by atoms with van der Waals surface area (Å²) in [5.74, 6) is 0.986. The fourth-order valence-corrected chi connectivity index (χ4v) is 1.06. The molecule has 0 aliphatic carbocycles. The lowest BCUT2D eigenvalue weighted by Gasteiger charge is -1.98.